The van der Waals surface area contributed by atoms with E-state index in [0.717, 1.165) is 6.07 Å². The maximum absolute atomic E-state index is 12.7. The van der Waals surface area contributed by atoms with Crippen molar-refractivity contribution in [1.29, 1.82) is 0 Å². The van der Waals surface area contributed by atoms with Gasteiger partial charge in [0.1, 0.15) is 0 Å². The van der Waals surface area contributed by atoms with E-state index >= 15 is 0 Å². The number of hydrogen-bond acceptors (Lipinski definition) is 5. The van der Waals surface area contributed by atoms with Crippen LogP contribution in [-0.4, -0.2) is 28.4 Å². The Kier molecular flexibility index (Phi) is 6.13. The predicted molar refractivity (Wildman–Crippen MR) is 98.3 cm³/mol. The first kappa shape index (κ1) is 20.4. The first-order chi connectivity index (χ1) is 12.0. The van der Waals surface area contributed by atoms with Gasteiger partial charge in [-0.1, -0.05) is 59.1 Å². The molecule has 1 N–H and O–H groups in total. The standard InChI is InChI=1S/C15H11Cl3N2O5S/c16-15(17,18)14(26(24,25)12-7-2-1-3-8-12)19-13(21)10-5-4-6-11(9-10)20(22)23/h1-9,14H,(H,19,21)/t14-/m1/s1. The molecule has 11 heteroatoms. The number of carbonyl (C=O) groups excluding carboxylic acids is 1. The average Bonchev–Trinajstić information content (AvgIpc) is 2.59. The van der Waals surface area contributed by atoms with Crippen LogP contribution in [0.15, 0.2) is 59.5 Å². The Balaban J connectivity index is 2.39. The van der Waals surface area contributed by atoms with Crippen molar-refractivity contribution in [2.45, 2.75) is 14.1 Å². The van der Waals surface area contributed by atoms with Crippen LogP contribution in [0, 0.1) is 10.1 Å². The number of carbonyl (C=O) groups is 1. The van der Waals surface area contributed by atoms with E-state index in [1.165, 1.54) is 42.5 Å². The van der Waals surface area contributed by atoms with Gasteiger partial charge in [-0.25, -0.2) is 8.42 Å². The molecule has 26 heavy (non-hydrogen) atoms. The second-order valence-corrected chi connectivity index (χ2v) is 9.46. The fraction of sp³-hybridized carbons (Fsp3) is 0.133. The molecule has 1 amide bonds. The largest absolute Gasteiger partial charge is 0.332 e. The molecule has 0 saturated carbocycles. The van der Waals surface area contributed by atoms with Crippen LogP contribution in [0.3, 0.4) is 0 Å². The molecule has 0 bridgehead atoms. The van der Waals surface area contributed by atoms with Gasteiger partial charge in [0.2, 0.25) is 13.6 Å². The van der Waals surface area contributed by atoms with Crippen LogP contribution in [0.25, 0.3) is 0 Å². The minimum Gasteiger partial charge on any atom is -0.332 e. The summed E-state index contributed by atoms with van der Waals surface area (Å²) >= 11 is 17.3. The lowest BCUT2D eigenvalue weighted by Gasteiger charge is -2.25. The Morgan fingerprint density at radius 1 is 1.08 bits per heavy atom. The lowest BCUT2D eigenvalue weighted by Crippen LogP contribution is -2.49. The van der Waals surface area contributed by atoms with Crippen LogP contribution >= 0.6 is 34.8 Å². The molecule has 1 atom stereocenters. The Bertz CT molecular complexity index is 930. The Morgan fingerprint density at radius 2 is 1.69 bits per heavy atom. The van der Waals surface area contributed by atoms with E-state index in [-0.39, 0.29) is 16.1 Å². The molecule has 2 aromatic rings. The van der Waals surface area contributed by atoms with Gasteiger partial charge in [0.05, 0.1) is 9.82 Å². The lowest BCUT2D eigenvalue weighted by molar-refractivity contribution is -0.384. The number of alkyl halides is 3. The van der Waals surface area contributed by atoms with Gasteiger partial charge in [-0.2, -0.15) is 0 Å². The van der Waals surface area contributed by atoms with E-state index in [9.17, 15) is 23.3 Å². The van der Waals surface area contributed by atoms with Crippen LogP contribution in [0.4, 0.5) is 5.69 Å². The SMILES string of the molecule is O=C(N[C@@H](C(Cl)(Cl)Cl)S(=O)(=O)c1ccccc1)c1cccc([N+](=O)[O-])c1. The Labute approximate surface area is 163 Å². The number of nitro groups is 1. The number of amides is 1. The zero-order valence-corrected chi connectivity index (χ0v) is 15.9. The minimum atomic E-state index is -4.25. The molecule has 0 aliphatic heterocycles. The number of halogens is 3. The normalized spacial score (nSPS) is 13.0. The monoisotopic (exact) mass is 436 g/mol. The van der Waals surface area contributed by atoms with Crippen molar-refractivity contribution in [2.75, 3.05) is 0 Å². The second kappa shape index (κ2) is 7.79. The van der Waals surface area contributed by atoms with Crippen molar-refractivity contribution < 1.29 is 18.1 Å². The fourth-order valence-electron chi connectivity index (χ4n) is 2.04. The summed E-state index contributed by atoms with van der Waals surface area (Å²) in [6.07, 6.45) is 0. The molecule has 0 aliphatic rings. The topological polar surface area (TPSA) is 106 Å². The summed E-state index contributed by atoms with van der Waals surface area (Å²) < 4.78 is 23.1. The highest BCUT2D eigenvalue weighted by atomic mass is 35.6. The van der Waals surface area contributed by atoms with Gasteiger partial charge in [0.15, 0.2) is 5.37 Å². The van der Waals surface area contributed by atoms with Gasteiger partial charge >= 0.3 is 0 Å². The van der Waals surface area contributed by atoms with E-state index in [2.05, 4.69) is 5.32 Å². The van der Waals surface area contributed by atoms with E-state index < -0.39 is 29.8 Å². The van der Waals surface area contributed by atoms with Crippen LogP contribution in [0.1, 0.15) is 10.4 Å². The molecule has 0 saturated heterocycles. The molecule has 7 nitrogen and oxygen atoms in total. The molecular formula is C15H11Cl3N2O5S. The molecular weight excluding hydrogens is 427 g/mol. The highest BCUT2D eigenvalue weighted by Gasteiger charge is 2.44. The second-order valence-electron chi connectivity index (χ2n) is 5.06. The van der Waals surface area contributed by atoms with Crippen molar-refractivity contribution in [3.8, 4) is 0 Å². The minimum absolute atomic E-state index is 0.151. The number of rotatable bonds is 5. The summed E-state index contributed by atoms with van der Waals surface area (Å²) in [6, 6.07) is 11.9. The molecule has 0 unspecified atom stereocenters. The molecule has 138 valence electrons. The number of nitrogens with zero attached hydrogens (tertiary/aromatic N) is 1. The van der Waals surface area contributed by atoms with Gasteiger partial charge in [0.25, 0.3) is 11.6 Å². The van der Waals surface area contributed by atoms with Gasteiger partial charge in [0, 0.05) is 17.7 Å². The van der Waals surface area contributed by atoms with Gasteiger partial charge < -0.3 is 5.32 Å². The maximum atomic E-state index is 12.7. The Morgan fingerprint density at radius 3 is 2.23 bits per heavy atom. The van der Waals surface area contributed by atoms with E-state index in [4.69, 9.17) is 34.8 Å². The molecule has 0 radical (unpaired) electrons. The smallest absolute Gasteiger partial charge is 0.270 e. The Hall–Kier alpha value is -1.87. The molecule has 0 aliphatic carbocycles. The quantitative estimate of drug-likeness (QED) is 0.438. The van der Waals surface area contributed by atoms with E-state index in [1.807, 2.05) is 0 Å². The fourth-order valence-corrected chi connectivity index (χ4v) is 4.69. The van der Waals surface area contributed by atoms with E-state index in [0.29, 0.717) is 0 Å². The predicted octanol–water partition coefficient (Wildman–Crippen LogP) is 3.49. The van der Waals surface area contributed by atoms with Crippen molar-refractivity contribution in [1.82, 2.24) is 5.32 Å². The summed E-state index contributed by atoms with van der Waals surface area (Å²) in [5.74, 6) is -0.940. The highest BCUT2D eigenvalue weighted by Crippen LogP contribution is 2.36. The van der Waals surface area contributed by atoms with Crippen molar-refractivity contribution in [2.24, 2.45) is 0 Å². The van der Waals surface area contributed by atoms with Gasteiger partial charge in [-0.3, -0.25) is 14.9 Å². The van der Waals surface area contributed by atoms with Crippen LogP contribution in [0.2, 0.25) is 0 Å². The van der Waals surface area contributed by atoms with Gasteiger partial charge in [-0.15, -0.1) is 0 Å². The number of sulfone groups is 1. The lowest BCUT2D eigenvalue weighted by atomic mass is 10.2. The number of nitrogens with one attached hydrogen (secondary N) is 1. The zero-order chi connectivity index (χ0) is 19.5. The number of hydrogen-bond donors (Lipinski definition) is 1. The zero-order valence-electron chi connectivity index (χ0n) is 12.8. The first-order valence-corrected chi connectivity index (χ1v) is 9.62. The van der Waals surface area contributed by atoms with Gasteiger partial charge in [-0.05, 0) is 18.2 Å². The molecule has 0 spiro atoms. The number of non-ortho nitro benzene ring substituents is 1. The summed E-state index contributed by atoms with van der Waals surface area (Å²) in [4.78, 5) is 22.3. The van der Waals surface area contributed by atoms with Crippen molar-refractivity contribution >= 4 is 56.2 Å². The third-order valence-electron chi connectivity index (χ3n) is 3.26. The molecule has 2 rings (SSSR count). The molecule has 0 heterocycles. The van der Waals surface area contributed by atoms with Crippen molar-refractivity contribution in [3.05, 3.63) is 70.3 Å². The summed E-state index contributed by atoms with van der Waals surface area (Å²) in [6.45, 7) is 0. The molecule has 0 aromatic heterocycles. The highest BCUT2D eigenvalue weighted by molar-refractivity contribution is 7.92. The maximum Gasteiger partial charge on any atom is 0.270 e. The third kappa shape index (κ3) is 4.64. The third-order valence-corrected chi connectivity index (χ3v) is 6.32. The summed E-state index contributed by atoms with van der Waals surface area (Å²) in [5.41, 5.74) is -0.490. The summed E-state index contributed by atoms with van der Waals surface area (Å²) in [7, 11) is -4.25. The van der Waals surface area contributed by atoms with Crippen LogP contribution < -0.4 is 5.32 Å². The average molecular weight is 438 g/mol. The summed E-state index contributed by atoms with van der Waals surface area (Å²) in [5, 5.41) is 11.0. The van der Waals surface area contributed by atoms with Crippen LogP contribution in [-0.2, 0) is 9.84 Å². The van der Waals surface area contributed by atoms with Crippen LogP contribution in [0.5, 0.6) is 0 Å². The number of benzene rings is 2. The molecule has 0 fully saturated rings. The molecule has 2 aromatic carbocycles. The van der Waals surface area contributed by atoms with Crippen molar-refractivity contribution in [3.63, 3.8) is 0 Å². The number of nitro benzene ring substituents is 1. The van der Waals surface area contributed by atoms with E-state index in [1.54, 1.807) is 6.07 Å². The first-order valence-electron chi connectivity index (χ1n) is 6.94.